The first-order valence-corrected chi connectivity index (χ1v) is 5.56. The lowest BCUT2D eigenvalue weighted by atomic mass is 10.1. The molecule has 1 heterocycles. The Morgan fingerprint density at radius 3 is 2.80 bits per heavy atom. The van der Waals surface area contributed by atoms with E-state index < -0.39 is 0 Å². The minimum absolute atomic E-state index is 0.352. The third-order valence-electron chi connectivity index (χ3n) is 2.22. The van der Waals surface area contributed by atoms with Gasteiger partial charge in [-0.3, -0.25) is 0 Å². The van der Waals surface area contributed by atoms with Gasteiger partial charge in [-0.05, 0) is 17.7 Å². The van der Waals surface area contributed by atoms with Crippen LogP contribution in [0.15, 0.2) is 35.7 Å². The molecule has 15 heavy (non-hydrogen) atoms. The third kappa shape index (κ3) is 2.30. The number of ether oxygens (including phenoxy) is 1. The Kier molecular flexibility index (Phi) is 2.92. The molecule has 0 aliphatic carbocycles. The predicted molar refractivity (Wildman–Crippen MR) is 61.8 cm³/mol. The van der Waals surface area contributed by atoms with E-state index in [2.05, 4.69) is 0 Å². The van der Waals surface area contributed by atoms with Gasteiger partial charge in [-0.25, -0.2) is 0 Å². The van der Waals surface area contributed by atoms with Crippen LogP contribution in [-0.4, -0.2) is 12.2 Å². The highest BCUT2D eigenvalue weighted by Gasteiger charge is 2.04. The van der Waals surface area contributed by atoms with Gasteiger partial charge < -0.3 is 9.84 Å². The maximum Gasteiger partial charge on any atom is 0.129 e. The van der Waals surface area contributed by atoms with Gasteiger partial charge >= 0.3 is 0 Å². The summed E-state index contributed by atoms with van der Waals surface area (Å²) in [7, 11) is 1.66. The van der Waals surface area contributed by atoms with Crippen molar-refractivity contribution in [1.82, 2.24) is 0 Å². The van der Waals surface area contributed by atoms with Crippen LogP contribution in [0.3, 0.4) is 0 Å². The molecule has 1 aromatic carbocycles. The van der Waals surface area contributed by atoms with Crippen LogP contribution in [-0.2, 0) is 6.42 Å². The Morgan fingerprint density at radius 2 is 2.13 bits per heavy atom. The van der Waals surface area contributed by atoms with E-state index in [0.717, 1.165) is 17.7 Å². The summed E-state index contributed by atoms with van der Waals surface area (Å²) in [4.78, 5) is 1.19. The van der Waals surface area contributed by atoms with Crippen molar-refractivity contribution in [3.8, 4) is 11.5 Å². The zero-order valence-electron chi connectivity index (χ0n) is 8.43. The number of phenolic OH excluding ortho intramolecular Hbond substituents is 1. The van der Waals surface area contributed by atoms with Gasteiger partial charge in [0.15, 0.2) is 0 Å². The molecule has 1 aromatic heterocycles. The van der Waals surface area contributed by atoms with Crippen LogP contribution in [0.4, 0.5) is 0 Å². The lowest BCUT2D eigenvalue weighted by Crippen LogP contribution is -1.85. The molecule has 2 nitrogen and oxygen atoms in total. The number of thiophene rings is 1. The number of hydrogen-bond acceptors (Lipinski definition) is 3. The number of rotatable bonds is 3. The lowest BCUT2D eigenvalue weighted by molar-refractivity contribution is 0.416. The fourth-order valence-corrected chi connectivity index (χ4v) is 2.26. The molecule has 0 aliphatic heterocycles. The number of para-hydroxylation sites is 1. The zero-order chi connectivity index (χ0) is 10.7. The van der Waals surface area contributed by atoms with Crippen LogP contribution < -0.4 is 4.74 Å². The average Bonchev–Trinajstić information content (AvgIpc) is 2.69. The van der Waals surface area contributed by atoms with Crippen LogP contribution in [0.5, 0.6) is 11.5 Å². The molecule has 0 saturated carbocycles. The molecule has 0 unspecified atom stereocenters. The van der Waals surface area contributed by atoms with E-state index in [1.807, 2.05) is 29.6 Å². The molecular formula is C12H12O2S. The molecule has 0 bridgehead atoms. The molecule has 0 aliphatic rings. The first kappa shape index (κ1) is 10.1. The number of phenols is 1. The SMILES string of the molecule is COc1csc(Cc2ccccc2O)c1. The molecule has 0 amide bonds. The summed E-state index contributed by atoms with van der Waals surface area (Å²) < 4.78 is 5.11. The molecule has 2 aromatic rings. The minimum atomic E-state index is 0.352. The van der Waals surface area contributed by atoms with Crippen LogP contribution in [0.2, 0.25) is 0 Å². The van der Waals surface area contributed by atoms with Gasteiger partial charge in [0.05, 0.1) is 7.11 Å². The van der Waals surface area contributed by atoms with Gasteiger partial charge in [-0.2, -0.15) is 0 Å². The normalized spacial score (nSPS) is 10.2. The fourth-order valence-electron chi connectivity index (χ4n) is 1.41. The van der Waals surface area contributed by atoms with Crippen LogP contribution >= 0.6 is 11.3 Å². The van der Waals surface area contributed by atoms with Crippen LogP contribution in [0.25, 0.3) is 0 Å². The maximum absolute atomic E-state index is 9.61. The highest BCUT2D eigenvalue weighted by atomic mass is 32.1. The minimum Gasteiger partial charge on any atom is -0.508 e. The Labute approximate surface area is 92.8 Å². The summed E-state index contributed by atoms with van der Waals surface area (Å²) in [6, 6.07) is 9.40. The van der Waals surface area contributed by atoms with Gasteiger partial charge in [-0.1, -0.05) is 18.2 Å². The number of benzene rings is 1. The molecular weight excluding hydrogens is 208 g/mol. The molecule has 0 radical (unpaired) electrons. The topological polar surface area (TPSA) is 29.5 Å². The second-order valence-electron chi connectivity index (χ2n) is 3.26. The summed E-state index contributed by atoms with van der Waals surface area (Å²) in [5.41, 5.74) is 0.946. The molecule has 0 spiro atoms. The van der Waals surface area contributed by atoms with E-state index in [0.29, 0.717) is 5.75 Å². The average molecular weight is 220 g/mol. The van der Waals surface area contributed by atoms with Crippen molar-refractivity contribution >= 4 is 11.3 Å². The highest BCUT2D eigenvalue weighted by molar-refractivity contribution is 7.10. The number of hydrogen-bond donors (Lipinski definition) is 1. The Morgan fingerprint density at radius 1 is 1.33 bits per heavy atom. The van der Waals surface area contributed by atoms with E-state index in [-0.39, 0.29) is 0 Å². The molecule has 2 rings (SSSR count). The van der Waals surface area contributed by atoms with Gasteiger partial charge in [0.25, 0.3) is 0 Å². The smallest absolute Gasteiger partial charge is 0.129 e. The van der Waals surface area contributed by atoms with E-state index in [1.165, 1.54) is 4.88 Å². The number of aromatic hydroxyl groups is 1. The second-order valence-corrected chi connectivity index (χ2v) is 4.25. The lowest BCUT2D eigenvalue weighted by Gasteiger charge is -2.01. The molecule has 78 valence electrons. The molecule has 0 atom stereocenters. The summed E-state index contributed by atoms with van der Waals surface area (Å²) >= 11 is 1.64. The van der Waals surface area contributed by atoms with Gasteiger partial charge in [0.2, 0.25) is 0 Å². The summed E-state index contributed by atoms with van der Waals surface area (Å²) in [5, 5.41) is 11.6. The number of methoxy groups -OCH3 is 1. The van der Waals surface area contributed by atoms with Crippen molar-refractivity contribution in [1.29, 1.82) is 0 Å². The molecule has 0 fully saturated rings. The summed E-state index contributed by atoms with van der Waals surface area (Å²) in [6.45, 7) is 0. The van der Waals surface area contributed by atoms with Crippen LogP contribution in [0, 0.1) is 0 Å². The van der Waals surface area contributed by atoms with Gasteiger partial charge in [-0.15, -0.1) is 11.3 Å². The second kappa shape index (κ2) is 4.36. The fraction of sp³-hybridized carbons (Fsp3) is 0.167. The Hall–Kier alpha value is -1.48. The van der Waals surface area contributed by atoms with Crippen LogP contribution in [0.1, 0.15) is 10.4 Å². The van der Waals surface area contributed by atoms with Crippen molar-refractivity contribution in [2.75, 3.05) is 7.11 Å². The van der Waals surface area contributed by atoms with E-state index >= 15 is 0 Å². The summed E-state index contributed by atoms with van der Waals surface area (Å²) in [6.07, 6.45) is 0.751. The molecule has 1 N–H and O–H groups in total. The largest absolute Gasteiger partial charge is 0.508 e. The Bertz CT molecular complexity index is 448. The molecule has 0 saturated heterocycles. The van der Waals surface area contributed by atoms with Gasteiger partial charge in [0.1, 0.15) is 11.5 Å². The van der Waals surface area contributed by atoms with Crippen molar-refractivity contribution in [3.05, 3.63) is 46.2 Å². The predicted octanol–water partition coefficient (Wildman–Crippen LogP) is 3.05. The maximum atomic E-state index is 9.61. The van der Waals surface area contributed by atoms with Crippen molar-refractivity contribution in [2.24, 2.45) is 0 Å². The van der Waals surface area contributed by atoms with E-state index in [9.17, 15) is 5.11 Å². The highest BCUT2D eigenvalue weighted by Crippen LogP contribution is 2.26. The molecule has 3 heteroatoms. The third-order valence-corrected chi connectivity index (χ3v) is 3.14. The first-order chi connectivity index (χ1) is 7.29. The summed E-state index contributed by atoms with van der Waals surface area (Å²) in [5.74, 6) is 1.23. The first-order valence-electron chi connectivity index (χ1n) is 4.68. The Balaban J connectivity index is 2.18. The quantitative estimate of drug-likeness (QED) is 0.861. The van der Waals surface area contributed by atoms with Gasteiger partial charge in [0, 0.05) is 16.7 Å². The van der Waals surface area contributed by atoms with Crippen molar-refractivity contribution in [2.45, 2.75) is 6.42 Å². The van der Waals surface area contributed by atoms with E-state index in [1.54, 1.807) is 24.5 Å². The van der Waals surface area contributed by atoms with E-state index in [4.69, 9.17) is 4.74 Å². The zero-order valence-corrected chi connectivity index (χ0v) is 9.25. The van der Waals surface area contributed by atoms with Crippen molar-refractivity contribution in [3.63, 3.8) is 0 Å². The monoisotopic (exact) mass is 220 g/mol. The van der Waals surface area contributed by atoms with Crippen molar-refractivity contribution < 1.29 is 9.84 Å². The standard InChI is InChI=1S/C12H12O2S/c1-14-10-7-11(15-8-10)6-9-4-2-3-5-12(9)13/h2-5,7-8,13H,6H2,1H3.